The fourth-order valence-electron chi connectivity index (χ4n) is 1.48. The summed E-state index contributed by atoms with van der Waals surface area (Å²) in [5.74, 6) is 0. The van der Waals surface area contributed by atoms with E-state index in [1.807, 2.05) is 0 Å². The van der Waals surface area contributed by atoms with Gasteiger partial charge in [0.2, 0.25) is 0 Å². The molecule has 0 aromatic heterocycles. The smallest absolute Gasteiger partial charge is 0.0594 e. The van der Waals surface area contributed by atoms with Gasteiger partial charge < -0.3 is 14.6 Å². The van der Waals surface area contributed by atoms with Gasteiger partial charge in [-0.05, 0) is 12.8 Å². The summed E-state index contributed by atoms with van der Waals surface area (Å²) in [7, 11) is 0. The second-order valence-electron chi connectivity index (χ2n) is 3.50. The number of aliphatic hydroxyl groups is 1. The fraction of sp³-hybridized carbons (Fsp3) is 1.00. The van der Waals surface area contributed by atoms with E-state index in [-0.39, 0.29) is 6.61 Å². The number of aliphatic hydroxyl groups excluding tert-OH is 1. The highest BCUT2D eigenvalue weighted by Crippen LogP contribution is 1.98. The maximum atomic E-state index is 8.52. The summed E-state index contributed by atoms with van der Waals surface area (Å²) in [4.78, 5) is 2.40. The van der Waals surface area contributed by atoms with E-state index in [1.54, 1.807) is 0 Å². The Labute approximate surface area is 85.8 Å². The summed E-state index contributed by atoms with van der Waals surface area (Å²) in [6.07, 6.45) is 1.82. The number of nitrogens with zero attached hydrogens (tertiary/aromatic N) is 1. The van der Waals surface area contributed by atoms with Crippen LogP contribution in [0.3, 0.4) is 0 Å². The third-order valence-electron chi connectivity index (χ3n) is 2.31. The number of ether oxygens (including phenoxy) is 2. The van der Waals surface area contributed by atoms with Crippen molar-refractivity contribution in [1.29, 1.82) is 0 Å². The highest BCUT2D eigenvalue weighted by molar-refractivity contribution is 4.61. The molecule has 0 radical (unpaired) electrons. The Bertz CT molecular complexity index is 127. The summed E-state index contributed by atoms with van der Waals surface area (Å²) in [5.41, 5.74) is 0. The Morgan fingerprint density at radius 2 is 1.86 bits per heavy atom. The van der Waals surface area contributed by atoms with Gasteiger partial charge in [0, 0.05) is 39.5 Å². The zero-order chi connectivity index (χ0) is 10.1. The van der Waals surface area contributed by atoms with Crippen LogP contribution in [0.25, 0.3) is 0 Å². The second-order valence-corrected chi connectivity index (χ2v) is 3.50. The Morgan fingerprint density at radius 1 is 1.14 bits per heavy atom. The normalized spacial score (nSPS) is 18.6. The van der Waals surface area contributed by atoms with Crippen molar-refractivity contribution in [2.75, 3.05) is 52.7 Å². The molecule has 14 heavy (non-hydrogen) atoms. The lowest BCUT2D eigenvalue weighted by Gasteiger charge is -2.26. The van der Waals surface area contributed by atoms with E-state index >= 15 is 0 Å². The van der Waals surface area contributed by atoms with E-state index in [9.17, 15) is 0 Å². The Balaban J connectivity index is 1.82. The topological polar surface area (TPSA) is 41.9 Å². The van der Waals surface area contributed by atoms with Crippen LogP contribution in [0.15, 0.2) is 0 Å². The number of rotatable bonds is 7. The summed E-state index contributed by atoms with van der Waals surface area (Å²) in [6.45, 7) is 6.65. The molecule has 4 heteroatoms. The molecule has 1 aliphatic rings. The van der Waals surface area contributed by atoms with Gasteiger partial charge in [0.1, 0.15) is 0 Å². The molecule has 0 unspecified atom stereocenters. The van der Waals surface area contributed by atoms with Crippen molar-refractivity contribution in [1.82, 2.24) is 4.90 Å². The van der Waals surface area contributed by atoms with Gasteiger partial charge >= 0.3 is 0 Å². The highest BCUT2D eigenvalue weighted by Gasteiger charge is 2.08. The molecule has 1 heterocycles. The molecular weight excluding hydrogens is 182 g/mol. The number of hydrogen-bond acceptors (Lipinski definition) is 4. The number of hydrogen-bond donors (Lipinski definition) is 1. The van der Waals surface area contributed by atoms with Crippen LogP contribution >= 0.6 is 0 Å². The summed E-state index contributed by atoms with van der Waals surface area (Å²) >= 11 is 0. The minimum Gasteiger partial charge on any atom is -0.396 e. The van der Waals surface area contributed by atoms with Crippen LogP contribution in [0.2, 0.25) is 0 Å². The van der Waals surface area contributed by atoms with E-state index in [4.69, 9.17) is 14.6 Å². The minimum absolute atomic E-state index is 0.226. The van der Waals surface area contributed by atoms with Crippen molar-refractivity contribution >= 4 is 0 Å². The van der Waals surface area contributed by atoms with Crippen LogP contribution in [-0.4, -0.2) is 62.7 Å². The first-order valence-corrected chi connectivity index (χ1v) is 5.42. The summed E-state index contributed by atoms with van der Waals surface area (Å²) in [6, 6.07) is 0. The lowest BCUT2D eigenvalue weighted by atomic mass is 10.3. The first kappa shape index (κ1) is 11.9. The highest BCUT2D eigenvalue weighted by atomic mass is 16.5. The summed E-state index contributed by atoms with van der Waals surface area (Å²) < 4.78 is 10.6. The van der Waals surface area contributed by atoms with Gasteiger partial charge in [0.25, 0.3) is 0 Å². The number of morpholine rings is 1. The Morgan fingerprint density at radius 3 is 2.57 bits per heavy atom. The van der Waals surface area contributed by atoms with Crippen molar-refractivity contribution in [3.8, 4) is 0 Å². The Kier molecular flexibility index (Phi) is 6.95. The maximum absolute atomic E-state index is 8.52. The van der Waals surface area contributed by atoms with Gasteiger partial charge in [-0.15, -0.1) is 0 Å². The monoisotopic (exact) mass is 203 g/mol. The van der Waals surface area contributed by atoms with Crippen molar-refractivity contribution < 1.29 is 14.6 Å². The second kappa shape index (κ2) is 8.17. The molecule has 0 aromatic carbocycles. The van der Waals surface area contributed by atoms with E-state index in [1.165, 1.54) is 0 Å². The van der Waals surface area contributed by atoms with Crippen LogP contribution in [-0.2, 0) is 9.47 Å². The zero-order valence-corrected chi connectivity index (χ0v) is 8.78. The van der Waals surface area contributed by atoms with Crippen LogP contribution in [0.4, 0.5) is 0 Å². The van der Waals surface area contributed by atoms with Crippen molar-refractivity contribution in [3.63, 3.8) is 0 Å². The largest absolute Gasteiger partial charge is 0.396 e. The van der Waals surface area contributed by atoms with Crippen LogP contribution in [0.1, 0.15) is 12.8 Å². The molecule has 0 amide bonds. The molecule has 1 aliphatic heterocycles. The van der Waals surface area contributed by atoms with Gasteiger partial charge in [0.15, 0.2) is 0 Å². The van der Waals surface area contributed by atoms with Crippen molar-refractivity contribution in [2.45, 2.75) is 12.8 Å². The molecule has 0 atom stereocenters. The first-order valence-electron chi connectivity index (χ1n) is 5.42. The molecule has 4 nitrogen and oxygen atoms in total. The Hall–Kier alpha value is -0.160. The average molecular weight is 203 g/mol. The van der Waals surface area contributed by atoms with Crippen molar-refractivity contribution in [3.05, 3.63) is 0 Å². The standard InChI is InChI=1S/C10H21NO3/c12-6-2-8-13-7-1-3-11-4-9-14-10-5-11/h12H,1-10H2. The zero-order valence-electron chi connectivity index (χ0n) is 8.78. The van der Waals surface area contributed by atoms with E-state index < -0.39 is 0 Å². The van der Waals surface area contributed by atoms with Gasteiger partial charge in [-0.2, -0.15) is 0 Å². The molecule has 1 saturated heterocycles. The third-order valence-corrected chi connectivity index (χ3v) is 2.31. The molecular formula is C10H21NO3. The van der Waals surface area contributed by atoms with Crippen LogP contribution < -0.4 is 0 Å². The summed E-state index contributed by atoms with van der Waals surface area (Å²) in [5, 5.41) is 8.52. The lowest BCUT2D eigenvalue weighted by molar-refractivity contribution is 0.0313. The predicted molar refractivity (Wildman–Crippen MR) is 54.4 cm³/mol. The predicted octanol–water partition coefficient (Wildman–Crippen LogP) is 0.108. The molecule has 1 fully saturated rings. The molecule has 0 aliphatic carbocycles. The van der Waals surface area contributed by atoms with Gasteiger partial charge in [-0.1, -0.05) is 0 Å². The lowest BCUT2D eigenvalue weighted by Crippen LogP contribution is -2.37. The molecule has 0 saturated carbocycles. The quantitative estimate of drug-likeness (QED) is 0.596. The molecule has 1 N–H and O–H groups in total. The third kappa shape index (κ3) is 5.54. The van der Waals surface area contributed by atoms with E-state index in [0.29, 0.717) is 6.61 Å². The first-order chi connectivity index (χ1) is 6.93. The average Bonchev–Trinajstić information content (AvgIpc) is 2.25. The molecule has 1 rings (SSSR count). The molecule has 0 spiro atoms. The van der Waals surface area contributed by atoms with Gasteiger partial charge in [0.05, 0.1) is 13.2 Å². The minimum atomic E-state index is 0.226. The molecule has 0 aromatic rings. The molecule has 0 bridgehead atoms. The maximum Gasteiger partial charge on any atom is 0.0594 e. The van der Waals surface area contributed by atoms with Gasteiger partial charge in [-0.3, -0.25) is 4.90 Å². The van der Waals surface area contributed by atoms with Crippen LogP contribution in [0.5, 0.6) is 0 Å². The van der Waals surface area contributed by atoms with Gasteiger partial charge in [-0.25, -0.2) is 0 Å². The molecule has 84 valence electrons. The fourth-order valence-corrected chi connectivity index (χ4v) is 1.48. The van der Waals surface area contributed by atoms with Crippen molar-refractivity contribution in [2.24, 2.45) is 0 Å². The SMILES string of the molecule is OCCCOCCCN1CCOCC1. The van der Waals surface area contributed by atoms with E-state index in [0.717, 1.165) is 52.3 Å². The van der Waals surface area contributed by atoms with Crippen LogP contribution in [0, 0.1) is 0 Å². The van der Waals surface area contributed by atoms with E-state index in [2.05, 4.69) is 4.90 Å².